The molecular weight excluding hydrogens is 392 g/mol. The highest BCUT2D eigenvalue weighted by atomic mass is 16.5. The van der Waals surface area contributed by atoms with Crippen molar-refractivity contribution in [3.8, 4) is 17.0 Å². The van der Waals surface area contributed by atoms with Gasteiger partial charge in [-0.15, -0.1) is 0 Å². The summed E-state index contributed by atoms with van der Waals surface area (Å²) < 4.78 is 8.79. The van der Waals surface area contributed by atoms with Gasteiger partial charge in [-0.05, 0) is 63.1 Å². The Labute approximate surface area is 180 Å². The van der Waals surface area contributed by atoms with Crippen LogP contribution in [0.25, 0.3) is 16.9 Å². The van der Waals surface area contributed by atoms with Crippen LogP contribution in [0.3, 0.4) is 0 Å². The zero-order valence-corrected chi connectivity index (χ0v) is 18.4. The first-order valence-electron chi connectivity index (χ1n) is 10.2. The molecule has 0 saturated heterocycles. The van der Waals surface area contributed by atoms with Crippen molar-refractivity contribution in [1.29, 1.82) is 0 Å². The molecule has 1 amide bonds. The predicted octanol–water partition coefficient (Wildman–Crippen LogP) is 3.12. The SMILES string of the molecule is COc1ccc(-c2ccnc3cc(C(=O)NC(C)Cc4c(C)nn(C)c4C)nn23)cc1. The van der Waals surface area contributed by atoms with Gasteiger partial charge in [-0.25, -0.2) is 9.50 Å². The Hall–Kier alpha value is -3.68. The summed E-state index contributed by atoms with van der Waals surface area (Å²) in [6, 6.07) is 11.2. The smallest absolute Gasteiger partial charge is 0.272 e. The Morgan fingerprint density at radius 1 is 1.16 bits per heavy atom. The van der Waals surface area contributed by atoms with E-state index in [0.717, 1.165) is 34.0 Å². The van der Waals surface area contributed by atoms with Crippen molar-refractivity contribution in [2.75, 3.05) is 7.11 Å². The van der Waals surface area contributed by atoms with Crippen LogP contribution in [0, 0.1) is 13.8 Å². The third kappa shape index (κ3) is 4.01. The molecule has 4 aromatic rings. The Morgan fingerprint density at radius 2 is 1.90 bits per heavy atom. The van der Waals surface area contributed by atoms with Gasteiger partial charge in [0, 0.05) is 36.6 Å². The highest BCUT2D eigenvalue weighted by Crippen LogP contribution is 2.23. The number of benzene rings is 1. The lowest BCUT2D eigenvalue weighted by molar-refractivity contribution is 0.0934. The second-order valence-electron chi connectivity index (χ2n) is 7.71. The highest BCUT2D eigenvalue weighted by Gasteiger charge is 2.18. The fourth-order valence-electron chi connectivity index (χ4n) is 3.75. The molecule has 1 atom stereocenters. The van der Waals surface area contributed by atoms with Crippen molar-refractivity contribution in [2.45, 2.75) is 33.2 Å². The molecule has 8 nitrogen and oxygen atoms in total. The number of fused-ring (bicyclic) bond motifs is 1. The predicted molar refractivity (Wildman–Crippen MR) is 118 cm³/mol. The van der Waals surface area contributed by atoms with Crippen LogP contribution < -0.4 is 10.1 Å². The lowest BCUT2D eigenvalue weighted by Gasteiger charge is -2.13. The third-order valence-electron chi connectivity index (χ3n) is 5.52. The number of nitrogens with zero attached hydrogens (tertiary/aromatic N) is 5. The number of aryl methyl sites for hydroxylation is 2. The van der Waals surface area contributed by atoms with E-state index in [1.807, 2.05) is 62.8 Å². The lowest BCUT2D eigenvalue weighted by Crippen LogP contribution is -2.34. The molecule has 0 bridgehead atoms. The summed E-state index contributed by atoms with van der Waals surface area (Å²) in [5.41, 5.74) is 6.01. The molecule has 3 aromatic heterocycles. The van der Waals surface area contributed by atoms with Crippen LogP contribution in [0.2, 0.25) is 0 Å². The molecule has 1 aromatic carbocycles. The number of nitrogens with one attached hydrogen (secondary N) is 1. The van der Waals surface area contributed by atoms with E-state index >= 15 is 0 Å². The van der Waals surface area contributed by atoms with Gasteiger partial charge in [0.05, 0.1) is 18.5 Å². The van der Waals surface area contributed by atoms with Crippen LogP contribution in [0.5, 0.6) is 5.75 Å². The zero-order chi connectivity index (χ0) is 22.1. The molecule has 0 aliphatic rings. The minimum atomic E-state index is -0.224. The maximum absolute atomic E-state index is 12.9. The molecule has 0 aliphatic carbocycles. The zero-order valence-electron chi connectivity index (χ0n) is 18.4. The first-order chi connectivity index (χ1) is 14.9. The first kappa shape index (κ1) is 20.6. The molecule has 1 unspecified atom stereocenters. The van der Waals surface area contributed by atoms with E-state index in [1.54, 1.807) is 23.9 Å². The molecule has 0 fully saturated rings. The van der Waals surface area contributed by atoms with Gasteiger partial charge in [0.15, 0.2) is 11.3 Å². The minimum absolute atomic E-state index is 0.0621. The van der Waals surface area contributed by atoms with Crippen molar-refractivity contribution in [3.05, 3.63) is 65.2 Å². The van der Waals surface area contributed by atoms with Crippen LogP contribution in [-0.2, 0) is 13.5 Å². The minimum Gasteiger partial charge on any atom is -0.497 e. The molecule has 160 valence electrons. The van der Waals surface area contributed by atoms with E-state index in [-0.39, 0.29) is 11.9 Å². The number of methoxy groups -OCH3 is 1. The average molecular weight is 419 g/mol. The Morgan fingerprint density at radius 3 is 2.55 bits per heavy atom. The van der Waals surface area contributed by atoms with Crippen LogP contribution in [0.15, 0.2) is 42.6 Å². The second-order valence-corrected chi connectivity index (χ2v) is 7.71. The Bertz CT molecular complexity index is 1240. The summed E-state index contributed by atoms with van der Waals surface area (Å²) in [6.45, 7) is 6.02. The number of carbonyl (C=O) groups is 1. The van der Waals surface area contributed by atoms with Crippen molar-refractivity contribution >= 4 is 11.6 Å². The first-order valence-corrected chi connectivity index (χ1v) is 10.2. The summed E-state index contributed by atoms with van der Waals surface area (Å²) in [5, 5.41) is 12.0. The molecule has 1 N–H and O–H groups in total. The van der Waals surface area contributed by atoms with Crippen LogP contribution in [0.1, 0.15) is 34.4 Å². The summed E-state index contributed by atoms with van der Waals surface area (Å²) in [6.07, 6.45) is 2.43. The largest absolute Gasteiger partial charge is 0.497 e. The number of aromatic nitrogens is 5. The fourth-order valence-corrected chi connectivity index (χ4v) is 3.75. The second kappa shape index (κ2) is 8.22. The maximum atomic E-state index is 12.9. The van der Waals surface area contributed by atoms with Crippen molar-refractivity contribution in [2.24, 2.45) is 7.05 Å². The van der Waals surface area contributed by atoms with Crippen molar-refractivity contribution in [1.82, 2.24) is 29.7 Å². The third-order valence-corrected chi connectivity index (χ3v) is 5.52. The van der Waals surface area contributed by atoms with Gasteiger partial charge in [-0.1, -0.05) is 0 Å². The quantitative estimate of drug-likeness (QED) is 0.520. The van der Waals surface area contributed by atoms with E-state index in [9.17, 15) is 4.79 Å². The van der Waals surface area contributed by atoms with E-state index in [4.69, 9.17) is 4.74 Å². The van der Waals surface area contributed by atoms with Gasteiger partial charge in [0.1, 0.15) is 5.75 Å². The number of hydrogen-bond acceptors (Lipinski definition) is 5. The molecule has 3 heterocycles. The molecule has 0 radical (unpaired) electrons. The number of hydrogen-bond donors (Lipinski definition) is 1. The van der Waals surface area contributed by atoms with Gasteiger partial charge >= 0.3 is 0 Å². The lowest BCUT2D eigenvalue weighted by atomic mass is 10.1. The number of rotatable bonds is 6. The summed E-state index contributed by atoms with van der Waals surface area (Å²) >= 11 is 0. The maximum Gasteiger partial charge on any atom is 0.272 e. The highest BCUT2D eigenvalue weighted by molar-refractivity contribution is 5.93. The molecule has 31 heavy (non-hydrogen) atoms. The average Bonchev–Trinajstić information content (AvgIpc) is 3.30. The normalized spacial score (nSPS) is 12.2. The van der Waals surface area contributed by atoms with Crippen molar-refractivity contribution in [3.63, 3.8) is 0 Å². The monoisotopic (exact) mass is 418 g/mol. The summed E-state index contributed by atoms with van der Waals surface area (Å²) in [4.78, 5) is 17.2. The van der Waals surface area contributed by atoms with Gasteiger partial charge in [0.2, 0.25) is 0 Å². The number of amides is 1. The number of ether oxygens (including phenoxy) is 1. The van der Waals surface area contributed by atoms with Crippen LogP contribution >= 0.6 is 0 Å². The molecule has 4 rings (SSSR count). The molecule has 0 aliphatic heterocycles. The Kier molecular flexibility index (Phi) is 5.46. The van der Waals surface area contributed by atoms with Crippen molar-refractivity contribution < 1.29 is 9.53 Å². The van der Waals surface area contributed by atoms with Gasteiger partial charge in [0.25, 0.3) is 5.91 Å². The standard InChI is InChI=1S/C23H26N6O2/c1-14(12-19-15(2)26-28(4)16(19)3)25-23(30)20-13-22-24-11-10-21(29(22)27-20)17-6-8-18(31-5)9-7-17/h6-11,13-14H,12H2,1-5H3,(H,25,30). The fraction of sp³-hybridized carbons (Fsp3) is 0.304. The topological polar surface area (TPSA) is 86.3 Å². The van der Waals surface area contributed by atoms with Gasteiger partial charge in [-0.3, -0.25) is 9.48 Å². The van der Waals surface area contributed by atoms with Gasteiger partial charge < -0.3 is 10.1 Å². The number of carbonyl (C=O) groups excluding carboxylic acids is 1. The van der Waals surface area contributed by atoms with Crippen LogP contribution in [0.4, 0.5) is 0 Å². The molecule has 8 heteroatoms. The Balaban J connectivity index is 1.56. The van der Waals surface area contributed by atoms with E-state index in [2.05, 4.69) is 20.5 Å². The summed E-state index contributed by atoms with van der Waals surface area (Å²) in [7, 11) is 3.56. The molecule has 0 saturated carbocycles. The van der Waals surface area contributed by atoms with Crippen LogP contribution in [-0.4, -0.2) is 43.4 Å². The summed E-state index contributed by atoms with van der Waals surface area (Å²) in [5.74, 6) is 0.556. The van der Waals surface area contributed by atoms with E-state index in [0.29, 0.717) is 17.8 Å². The van der Waals surface area contributed by atoms with E-state index < -0.39 is 0 Å². The van der Waals surface area contributed by atoms with E-state index in [1.165, 1.54) is 0 Å². The molecular formula is C23H26N6O2. The molecule has 0 spiro atoms. The van der Waals surface area contributed by atoms with Gasteiger partial charge in [-0.2, -0.15) is 10.2 Å².